The Kier molecular flexibility index (Phi) is 16.3. The summed E-state index contributed by atoms with van der Waals surface area (Å²) >= 11 is 0. The van der Waals surface area contributed by atoms with E-state index in [4.69, 9.17) is 39.4 Å². The fraction of sp³-hybridized carbons (Fsp3) is 0.0175. The minimum Gasteiger partial charge on any atom is -0.457 e. The summed E-state index contributed by atoms with van der Waals surface area (Å²) < 4.78 is 13.2. The molecule has 6 heterocycles. The summed E-state index contributed by atoms with van der Waals surface area (Å²) in [7, 11) is 0. The van der Waals surface area contributed by atoms with Gasteiger partial charge in [-0.15, -0.1) is 0 Å². The van der Waals surface area contributed by atoms with E-state index in [9.17, 15) is 0 Å². The van der Waals surface area contributed by atoms with Crippen LogP contribution in [0, 0.1) is 0 Å². The van der Waals surface area contributed by atoms with Gasteiger partial charge in [0, 0.05) is 99.1 Å². The van der Waals surface area contributed by atoms with Crippen LogP contribution in [0.3, 0.4) is 0 Å². The number of hydrogen-bond acceptors (Lipinski definition) is 8. The number of pyridine rings is 2. The average molecular weight is 1560 g/mol. The molecule has 2 spiro atoms. The maximum absolute atomic E-state index is 6.63. The van der Waals surface area contributed by atoms with Gasteiger partial charge in [-0.25, -0.2) is 29.9 Å². The van der Waals surface area contributed by atoms with E-state index in [-0.39, 0.29) is 0 Å². The molecule has 4 aromatic heterocycles. The van der Waals surface area contributed by atoms with Crippen LogP contribution in [0.25, 0.3) is 167 Å². The Labute approximate surface area is 704 Å². The second kappa shape index (κ2) is 28.3. The number of ether oxygens (including phenoxy) is 2. The van der Waals surface area contributed by atoms with Crippen molar-refractivity contribution in [3.05, 3.63) is 469 Å². The van der Waals surface area contributed by atoms with Crippen LogP contribution in [-0.4, -0.2) is 29.9 Å². The molecule has 0 fully saturated rings. The lowest BCUT2D eigenvalue weighted by Crippen LogP contribution is -2.32. The molecule has 0 radical (unpaired) electrons. The normalized spacial score (nSPS) is 13.0. The van der Waals surface area contributed by atoms with E-state index in [1.165, 1.54) is 66.4 Å². The van der Waals surface area contributed by atoms with Gasteiger partial charge in [0.25, 0.3) is 0 Å². The van der Waals surface area contributed by atoms with Gasteiger partial charge in [0.15, 0.2) is 11.6 Å². The second-order valence-corrected chi connectivity index (χ2v) is 31.7. The minimum atomic E-state index is -0.559. The molecular weight excluding hydrogens is 1490 g/mol. The zero-order valence-electron chi connectivity index (χ0n) is 65.9. The fourth-order valence-corrected chi connectivity index (χ4v) is 19.8. The van der Waals surface area contributed by atoms with Crippen molar-refractivity contribution in [1.29, 1.82) is 0 Å². The van der Waals surface area contributed by atoms with Crippen molar-refractivity contribution in [2.75, 3.05) is 0 Å². The van der Waals surface area contributed by atoms with E-state index < -0.39 is 10.8 Å². The van der Waals surface area contributed by atoms with E-state index in [0.717, 1.165) is 157 Å². The molecule has 0 atom stereocenters. The van der Waals surface area contributed by atoms with Crippen molar-refractivity contribution in [3.63, 3.8) is 0 Å². The van der Waals surface area contributed by atoms with Crippen LogP contribution in [0.1, 0.15) is 44.5 Å². The fourth-order valence-electron chi connectivity index (χ4n) is 19.8. The first-order chi connectivity index (χ1) is 60.5. The number of para-hydroxylation sites is 6. The van der Waals surface area contributed by atoms with Gasteiger partial charge in [-0.05, 0) is 104 Å². The zero-order chi connectivity index (χ0) is 80.4. The van der Waals surface area contributed by atoms with E-state index in [2.05, 4.69) is 364 Å². The number of nitrogens with zero attached hydrogens (tertiary/aromatic N) is 6. The van der Waals surface area contributed by atoms with Crippen LogP contribution in [0.2, 0.25) is 0 Å². The monoisotopic (exact) mass is 1550 g/mol. The summed E-state index contributed by atoms with van der Waals surface area (Å²) in [5.41, 5.74) is 31.3. The van der Waals surface area contributed by atoms with Gasteiger partial charge in [-0.2, -0.15) is 0 Å². The summed E-state index contributed by atoms with van der Waals surface area (Å²) in [5.74, 6) is 4.94. The maximum Gasteiger partial charge on any atom is 0.160 e. The highest BCUT2D eigenvalue weighted by Crippen LogP contribution is 2.66. The van der Waals surface area contributed by atoms with Crippen molar-refractivity contribution in [3.8, 4) is 147 Å². The quantitative estimate of drug-likeness (QED) is 0.132. The summed E-state index contributed by atoms with van der Waals surface area (Å²) in [4.78, 5) is 31.2. The minimum absolute atomic E-state index is 0.549. The highest BCUT2D eigenvalue weighted by atomic mass is 16.5. The number of fused-ring (bicyclic) bond motifs is 26. The van der Waals surface area contributed by atoms with Crippen LogP contribution < -0.4 is 9.47 Å². The van der Waals surface area contributed by atoms with E-state index >= 15 is 0 Å². The van der Waals surface area contributed by atoms with E-state index in [1.54, 1.807) is 0 Å². The number of hydrogen-bond donors (Lipinski definition) is 0. The smallest absolute Gasteiger partial charge is 0.160 e. The Morgan fingerprint density at radius 1 is 0.180 bits per heavy atom. The molecule has 25 rings (SSSR count). The molecule has 0 N–H and O–H groups in total. The molecule has 0 saturated heterocycles. The highest BCUT2D eigenvalue weighted by molar-refractivity contribution is 6.21. The summed E-state index contributed by atoms with van der Waals surface area (Å²) in [6, 6.07) is 150. The first-order valence-electron chi connectivity index (χ1n) is 41.5. The Hall–Kier alpha value is -16.2. The third-order valence-corrected chi connectivity index (χ3v) is 25.1. The molecule has 8 nitrogen and oxygen atoms in total. The van der Waals surface area contributed by atoms with Gasteiger partial charge in [-0.3, -0.25) is 0 Å². The SMILES string of the molecule is c1ccc(-c2cc(-c3ccc(-c4nc5ccccc5c5c6c(ccc45)C4(c5ccccc5Oc5ccccc54)c4ccccc4-6)cc3)nc(-c3ccccc3)n2)cc1.c1ccc(-c2ccc(-c3cc(-c4ccc(-c5nc6ccccc6c6c7c(ccc56)C5(c6ccccc6Oc6ccccc65)c5ccccc5-7)cc4)nc(-c4ccccc4)n3)cc2)cc1. The standard InChI is InChI=1S/C60H37N3O.C54H33N3O/c1-3-15-38(16-4-1)39-27-29-40(30-28-39)52-37-53(63-59(62-52)43-17-5-2-6-18-43)41-31-33-42(34-32-41)58-46-35-36-50-57(56(46)45-20-8-12-24-51(45)61-58)44-19-7-9-21-47(44)60(50)48-22-10-13-25-54(48)64-55-26-14-11-23-49(55)60;1-3-15-34(16-4-1)46-33-47(57-53(56-46)37-17-5-2-6-18-37)35-27-29-36(30-28-35)52-40-31-32-44-51(50(40)39-20-8-12-24-45(39)55-52)38-19-7-9-21-41(38)54(44)42-22-10-13-25-48(42)58-49-26-14-11-23-43(49)54/h1-37H;1-33H. The lowest BCUT2D eigenvalue weighted by atomic mass is 9.66. The topological polar surface area (TPSA) is 95.8 Å². The molecule has 0 bridgehead atoms. The van der Waals surface area contributed by atoms with Gasteiger partial charge >= 0.3 is 0 Å². The summed E-state index contributed by atoms with van der Waals surface area (Å²) in [5, 5.41) is 6.92. The Balaban J connectivity index is 0.000000139. The molecule has 21 aromatic rings. The van der Waals surface area contributed by atoms with Crippen LogP contribution in [0.15, 0.2) is 425 Å². The van der Waals surface area contributed by atoms with Crippen molar-refractivity contribution < 1.29 is 9.47 Å². The van der Waals surface area contributed by atoms with Crippen LogP contribution in [0.5, 0.6) is 23.0 Å². The van der Waals surface area contributed by atoms with Gasteiger partial charge in [-0.1, -0.05) is 376 Å². The molecule has 0 unspecified atom stereocenters. The third-order valence-electron chi connectivity index (χ3n) is 25.1. The predicted molar refractivity (Wildman–Crippen MR) is 493 cm³/mol. The second-order valence-electron chi connectivity index (χ2n) is 31.7. The molecule has 0 amide bonds. The van der Waals surface area contributed by atoms with Gasteiger partial charge in [0.2, 0.25) is 0 Å². The van der Waals surface area contributed by atoms with E-state index in [0.29, 0.717) is 11.6 Å². The number of rotatable bonds is 9. The molecular formula is C114H70N6O2. The van der Waals surface area contributed by atoms with Crippen LogP contribution in [-0.2, 0) is 10.8 Å². The molecule has 4 aliphatic rings. The first kappa shape index (κ1) is 70.1. The summed E-state index contributed by atoms with van der Waals surface area (Å²) in [6.45, 7) is 0. The van der Waals surface area contributed by atoms with Crippen molar-refractivity contribution in [1.82, 2.24) is 29.9 Å². The molecule has 2 aliphatic heterocycles. The Morgan fingerprint density at radius 3 is 0.820 bits per heavy atom. The number of aromatic nitrogens is 6. The van der Waals surface area contributed by atoms with Gasteiger partial charge in [0.05, 0.1) is 56.0 Å². The average Bonchev–Trinajstić information content (AvgIpc) is 1.51. The van der Waals surface area contributed by atoms with Crippen LogP contribution >= 0.6 is 0 Å². The third kappa shape index (κ3) is 11.0. The van der Waals surface area contributed by atoms with Crippen molar-refractivity contribution in [2.45, 2.75) is 10.8 Å². The molecule has 17 aromatic carbocycles. The lowest BCUT2D eigenvalue weighted by molar-refractivity contribution is 0.436. The van der Waals surface area contributed by atoms with Crippen LogP contribution in [0.4, 0.5) is 0 Å². The zero-order valence-corrected chi connectivity index (χ0v) is 65.9. The maximum atomic E-state index is 6.63. The van der Waals surface area contributed by atoms with Crippen molar-refractivity contribution >= 4 is 43.4 Å². The Bertz CT molecular complexity index is 7640. The molecule has 8 heteroatoms. The molecule has 2 aliphatic carbocycles. The lowest BCUT2D eigenvalue weighted by Gasteiger charge is -2.39. The van der Waals surface area contributed by atoms with Gasteiger partial charge in [0.1, 0.15) is 23.0 Å². The summed E-state index contributed by atoms with van der Waals surface area (Å²) in [6.07, 6.45) is 0. The number of benzene rings is 17. The molecule has 568 valence electrons. The highest BCUT2D eigenvalue weighted by Gasteiger charge is 2.53. The van der Waals surface area contributed by atoms with Crippen molar-refractivity contribution in [2.24, 2.45) is 0 Å². The van der Waals surface area contributed by atoms with E-state index in [1.807, 2.05) is 60.7 Å². The first-order valence-corrected chi connectivity index (χ1v) is 41.5. The predicted octanol–water partition coefficient (Wildman–Crippen LogP) is 28.3. The molecule has 0 saturated carbocycles. The van der Waals surface area contributed by atoms with Gasteiger partial charge < -0.3 is 9.47 Å². The Morgan fingerprint density at radius 2 is 0.451 bits per heavy atom. The molecule has 122 heavy (non-hydrogen) atoms. The largest absolute Gasteiger partial charge is 0.457 e.